The van der Waals surface area contributed by atoms with Crippen molar-refractivity contribution in [3.8, 4) is 0 Å². The standard InChI is InChI=1S/C19H22N2O3S/c1-21(2)17-9-8-15(11-16(17)19(23)24)20-18(22)10-7-13-5-3-4-6-14(13)12-25/h3-6,8-9,11,25H,7,10,12H2,1-2H3,(H,20,22)(H,23,24). The average molecular weight is 358 g/mol. The number of aryl methyl sites for hydroxylation is 1. The van der Waals surface area contributed by atoms with E-state index in [2.05, 4.69) is 17.9 Å². The minimum atomic E-state index is -1.03. The van der Waals surface area contributed by atoms with E-state index in [1.807, 2.05) is 24.3 Å². The molecule has 6 heteroatoms. The second-order valence-corrected chi connectivity index (χ2v) is 6.22. The Balaban J connectivity index is 2.05. The highest BCUT2D eigenvalue weighted by Gasteiger charge is 2.14. The van der Waals surface area contributed by atoms with Gasteiger partial charge in [0.15, 0.2) is 0 Å². The molecular weight excluding hydrogens is 336 g/mol. The third-order valence-electron chi connectivity index (χ3n) is 3.90. The molecule has 0 saturated carbocycles. The molecule has 0 fully saturated rings. The van der Waals surface area contributed by atoms with Crippen molar-refractivity contribution < 1.29 is 14.7 Å². The molecule has 1 amide bonds. The Kier molecular flexibility index (Phi) is 6.47. The van der Waals surface area contributed by atoms with Crippen LogP contribution in [0.2, 0.25) is 0 Å². The maximum Gasteiger partial charge on any atom is 0.337 e. The lowest BCUT2D eigenvalue weighted by molar-refractivity contribution is -0.116. The Morgan fingerprint density at radius 1 is 1.12 bits per heavy atom. The van der Waals surface area contributed by atoms with Crippen molar-refractivity contribution in [1.82, 2.24) is 0 Å². The van der Waals surface area contributed by atoms with E-state index in [-0.39, 0.29) is 11.5 Å². The van der Waals surface area contributed by atoms with Crippen LogP contribution in [0.3, 0.4) is 0 Å². The zero-order valence-electron chi connectivity index (χ0n) is 14.3. The lowest BCUT2D eigenvalue weighted by Crippen LogP contribution is -2.16. The van der Waals surface area contributed by atoms with Crippen LogP contribution in [0, 0.1) is 0 Å². The second kappa shape index (κ2) is 8.58. The molecule has 2 rings (SSSR count). The molecule has 0 aliphatic heterocycles. The number of anilines is 2. The van der Waals surface area contributed by atoms with Gasteiger partial charge < -0.3 is 15.3 Å². The van der Waals surface area contributed by atoms with Crippen LogP contribution in [0.4, 0.5) is 11.4 Å². The third-order valence-corrected chi connectivity index (χ3v) is 4.24. The number of nitrogens with zero attached hydrogens (tertiary/aromatic N) is 1. The number of thiol groups is 1. The van der Waals surface area contributed by atoms with Gasteiger partial charge in [-0.15, -0.1) is 0 Å². The van der Waals surface area contributed by atoms with Gasteiger partial charge in [-0.1, -0.05) is 24.3 Å². The van der Waals surface area contributed by atoms with E-state index in [1.165, 1.54) is 6.07 Å². The van der Waals surface area contributed by atoms with Gasteiger partial charge in [-0.3, -0.25) is 4.79 Å². The van der Waals surface area contributed by atoms with Crippen molar-refractivity contribution >= 4 is 35.9 Å². The third kappa shape index (κ3) is 5.00. The van der Waals surface area contributed by atoms with Gasteiger partial charge in [0.05, 0.1) is 11.3 Å². The first-order chi connectivity index (χ1) is 11.9. The highest BCUT2D eigenvalue weighted by Crippen LogP contribution is 2.23. The smallest absolute Gasteiger partial charge is 0.337 e. The number of hydrogen-bond acceptors (Lipinski definition) is 4. The first kappa shape index (κ1) is 18.9. The SMILES string of the molecule is CN(C)c1ccc(NC(=O)CCc2ccccc2CS)cc1C(=O)O. The molecule has 0 aliphatic rings. The maximum atomic E-state index is 12.2. The first-order valence-corrected chi connectivity index (χ1v) is 8.57. The van der Waals surface area contributed by atoms with E-state index in [4.69, 9.17) is 0 Å². The summed E-state index contributed by atoms with van der Waals surface area (Å²) in [4.78, 5) is 25.3. The normalized spacial score (nSPS) is 10.4. The predicted octanol–water partition coefficient (Wildman–Crippen LogP) is 3.45. The molecular formula is C19H22N2O3S. The summed E-state index contributed by atoms with van der Waals surface area (Å²) in [5, 5.41) is 12.1. The van der Waals surface area contributed by atoms with Gasteiger partial charge in [-0.25, -0.2) is 4.79 Å². The van der Waals surface area contributed by atoms with Crippen molar-refractivity contribution in [1.29, 1.82) is 0 Å². The molecule has 0 saturated heterocycles. The number of carbonyl (C=O) groups excluding carboxylic acids is 1. The van der Waals surface area contributed by atoms with Crippen molar-refractivity contribution in [3.05, 3.63) is 59.2 Å². The highest BCUT2D eigenvalue weighted by atomic mass is 32.1. The minimum Gasteiger partial charge on any atom is -0.478 e. The van der Waals surface area contributed by atoms with Gasteiger partial charge in [0.2, 0.25) is 5.91 Å². The van der Waals surface area contributed by atoms with E-state index in [0.717, 1.165) is 11.1 Å². The summed E-state index contributed by atoms with van der Waals surface area (Å²) in [6.45, 7) is 0. The fourth-order valence-electron chi connectivity index (χ4n) is 2.60. The minimum absolute atomic E-state index is 0.150. The molecule has 0 unspecified atom stereocenters. The fourth-order valence-corrected chi connectivity index (χ4v) is 2.91. The zero-order chi connectivity index (χ0) is 18.4. The van der Waals surface area contributed by atoms with Crippen LogP contribution in [0.25, 0.3) is 0 Å². The van der Waals surface area contributed by atoms with Crippen LogP contribution in [0.1, 0.15) is 27.9 Å². The van der Waals surface area contributed by atoms with Crippen LogP contribution in [-0.4, -0.2) is 31.1 Å². The molecule has 132 valence electrons. The fraction of sp³-hybridized carbons (Fsp3) is 0.263. The predicted molar refractivity (Wildman–Crippen MR) is 104 cm³/mol. The van der Waals surface area contributed by atoms with Crippen LogP contribution in [0.15, 0.2) is 42.5 Å². The van der Waals surface area contributed by atoms with Crippen molar-refractivity contribution in [2.45, 2.75) is 18.6 Å². The molecule has 0 radical (unpaired) electrons. The van der Waals surface area contributed by atoms with Gasteiger partial charge >= 0.3 is 5.97 Å². The summed E-state index contributed by atoms with van der Waals surface area (Å²) < 4.78 is 0. The number of benzene rings is 2. The second-order valence-electron chi connectivity index (χ2n) is 5.91. The average Bonchev–Trinajstić information content (AvgIpc) is 2.59. The first-order valence-electron chi connectivity index (χ1n) is 7.94. The van der Waals surface area contributed by atoms with E-state index in [1.54, 1.807) is 31.1 Å². The summed E-state index contributed by atoms with van der Waals surface area (Å²) in [5.41, 5.74) is 3.44. The molecule has 0 aromatic heterocycles. The Hall–Kier alpha value is -2.47. The number of amides is 1. The van der Waals surface area contributed by atoms with Gasteiger partial charge in [0.1, 0.15) is 0 Å². The van der Waals surface area contributed by atoms with Crippen molar-refractivity contribution in [2.24, 2.45) is 0 Å². The molecule has 0 aliphatic carbocycles. The molecule has 2 N–H and O–H groups in total. The van der Waals surface area contributed by atoms with E-state index >= 15 is 0 Å². The molecule has 0 heterocycles. The van der Waals surface area contributed by atoms with Gasteiger partial charge in [-0.05, 0) is 35.7 Å². The summed E-state index contributed by atoms with van der Waals surface area (Å²) >= 11 is 4.30. The van der Waals surface area contributed by atoms with Crippen LogP contribution in [0.5, 0.6) is 0 Å². The monoisotopic (exact) mass is 358 g/mol. The molecule has 25 heavy (non-hydrogen) atoms. The number of carbonyl (C=O) groups is 2. The van der Waals surface area contributed by atoms with Crippen molar-refractivity contribution in [2.75, 3.05) is 24.3 Å². The van der Waals surface area contributed by atoms with Crippen molar-refractivity contribution in [3.63, 3.8) is 0 Å². The van der Waals surface area contributed by atoms with E-state index < -0.39 is 5.97 Å². The number of carboxylic acid groups (broad SMARTS) is 1. The molecule has 0 spiro atoms. The summed E-state index contributed by atoms with van der Waals surface area (Å²) in [6, 6.07) is 12.8. The summed E-state index contributed by atoms with van der Waals surface area (Å²) in [7, 11) is 3.55. The van der Waals surface area contributed by atoms with E-state index in [0.29, 0.717) is 30.0 Å². The summed E-state index contributed by atoms with van der Waals surface area (Å²) in [5.74, 6) is -0.545. The molecule has 2 aromatic rings. The van der Waals surface area contributed by atoms with Gasteiger partial charge in [-0.2, -0.15) is 12.6 Å². The Morgan fingerprint density at radius 3 is 2.40 bits per heavy atom. The lowest BCUT2D eigenvalue weighted by Gasteiger charge is -2.16. The number of aromatic carboxylic acids is 1. The highest BCUT2D eigenvalue weighted by molar-refractivity contribution is 7.79. The number of rotatable bonds is 7. The summed E-state index contributed by atoms with van der Waals surface area (Å²) in [6.07, 6.45) is 0.937. The number of hydrogen-bond donors (Lipinski definition) is 3. The van der Waals surface area contributed by atoms with Crippen LogP contribution < -0.4 is 10.2 Å². The number of carboxylic acids is 1. The van der Waals surface area contributed by atoms with Crippen LogP contribution in [-0.2, 0) is 17.0 Å². The topological polar surface area (TPSA) is 69.6 Å². The molecule has 0 atom stereocenters. The molecule has 0 bridgehead atoms. The maximum absolute atomic E-state index is 12.2. The quantitative estimate of drug-likeness (QED) is 0.663. The zero-order valence-corrected chi connectivity index (χ0v) is 15.2. The lowest BCUT2D eigenvalue weighted by atomic mass is 10.0. The Morgan fingerprint density at radius 2 is 1.80 bits per heavy atom. The number of nitrogens with one attached hydrogen (secondary N) is 1. The van der Waals surface area contributed by atoms with Crippen LogP contribution >= 0.6 is 12.6 Å². The van der Waals surface area contributed by atoms with E-state index in [9.17, 15) is 14.7 Å². The Labute approximate surface area is 153 Å². The molecule has 2 aromatic carbocycles. The van der Waals surface area contributed by atoms with Gasteiger partial charge in [0, 0.05) is 32.0 Å². The molecule has 5 nitrogen and oxygen atoms in total. The van der Waals surface area contributed by atoms with Gasteiger partial charge in [0.25, 0.3) is 0 Å². The largest absolute Gasteiger partial charge is 0.478 e. The Bertz CT molecular complexity index is 775.